The first kappa shape index (κ1) is 16.5. The molecule has 2 unspecified atom stereocenters. The van der Waals surface area contributed by atoms with Crippen molar-refractivity contribution in [3.05, 3.63) is 78.1 Å². The summed E-state index contributed by atoms with van der Waals surface area (Å²) in [6.45, 7) is 2.06. The summed E-state index contributed by atoms with van der Waals surface area (Å²) in [7, 11) is 0. The summed E-state index contributed by atoms with van der Waals surface area (Å²) < 4.78 is 15.2. The van der Waals surface area contributed by atoms with Gasteiger partial charge in [0.1, 0.15) is 5.82 Å². The molecule has 0 aromatic heterocycles. The molecule has 3 heteroatoms. The van der Waals surface area contributed by atoms with Crippen molar-refractivity contribution < 1.29 is 4.39 Å². The third-order valence-corrected chi connectivity index (χ3v) is 5.93. The van der Waals surface area contributed by atoms with Gasteiger partial charge in [-0.05, 0) is 60.3 Å². The molecule has 2 nitrogen and oxygen atoms in total. The molecule has 0 aliphatic carbocycles. The second-order valence-electron chi connectivity index (χ2n) is 7.51. The van der Waals surface area contributed by atoms with Crippen molar-refractivity contribution in [3.63, 3.8) is 0 Å². The van der Waals surface area contributed by atoms with Gasteiger partial charge in [-0.2, -0.15) is 0 Å². The van der Waals surface area contributed by atoms with Gasteiger partial charge in [0, 0.05) is 23.2 Å². The third kappa shape index (κ3) is 2.92. The largest absolute Gasteiger partial charge is 0.381 e. The molecule has 0 spiro atoms. The van der Waals surface area contributed by atoms with E-state index in [1.807, 2.05) is 48.5 Å². The van der Waals surface area contributed by atoms with Crippen LogP contribution in [0.4, 0.5) is 10.1 Å². The summed E-state index contributed by atoms with van der Waals surface area (Å²) in [5.41, 5.74) is 6.16. The Bertz CT molecular complexity index is 967. The van der Waals surface area contributed by atoms with E-state index in [0.717, 1.165) is 42.6 Å². The first-order chi connectivity index (χ1) is 13.3. The molecule has 0 bridgehead atoms. The molecule has 0 amide bonds. The molecule has 1 fully saturated rings. The smallest absolute Gasteiger partial charge is 0.131 e. The molecule has 0 radical (unpaired) electrons. The molecule has 2 atom stereocenters. The minimum atomic E-state index is -0.153. The van der Waals surface area contributed by atoms with Crippen molar-refractivity contribution in [2.45, 2.75) is 24.8 Å². The first-order valence-electron chi connectivity index (χ1n) is 9.77. The normalized spacial score (nSPS) is 21.1. The first-order valence-corrected chi connectivity index (χ1v) is 9.77. The molecule has 136 valence electrons. The van der Waals surface area contributed by atoms with E-state index in [9.17, 15) is 0 Å². The van der Waals surface area contributed by atoms with Gasteiger partial charge in [0.2, 0.25) is 0 Å². The molecule has 1 saturated heterocycles. The van der Waals surface area contributed by atoms with Gasteiger partial charge in [-0.25, -0.2) is 4.39 Å². The SMILES string of the molecule is Fc1cc(-c2ccccc2)ccc1-c1cccc2c1C1CCNCCC1N2. The Labute approximate surface area is 159 Å². The zero-order valence-electron chi connectivity index (χ0n) is 15.2. The van der Waals surface area contributed by atoms with Gasteiger partial charge >= 0.3 is 0 Å². The Hall–Kier alpha value is -2.65. The van der Waals surface area contributed by atoms with Crippen LogP contribution >= 0.6 is 0 Å². The average molecular weight is 358 g/mol. The summed E-state index contributed by atoms with van der Waals surface area (Å²) in [6, 6.07) is 22.3. The molecule has 3 aromatic rings. The summed E-state index contributed by atoms with van der Waals surface area (Å²) in [4.78, 5) is 0. The standard InChI is InChI=1S/C24H23FN2/c25-21-15-17(16-5-2-1-3-6-16)9-10-18(21)19-7-4-8-23-24(19)20-11-13-26-14-12-22(20)27-23/h1-10,15,20,22,26-27H,11-14H2. The van der Waals surface area contributed by atoms with Gasteiger partial charge in [-0.3, -0.25) is 0 Å². The molecule has 2 aliphatic heterocycles. The highest BCUT2D eigenvalue weighted by Gasteiger charge is 2.35. The minimum Gasteiger partial charge on any atom is -0.381 e. The fourth-order valence-electron chi connectivity index (χ4n) is 4.63. The van der Waals surface area contributed by atoms with Crippen molar-refractivity contribution in [2.75, 3.05) is 18.4 Å². The van der Waals surface area contributed by atoms with Crippen LogP contribution in [0.3, 0.4) is 0 Å². The van der Waals surface area contributed by atoms with Gasteiger partial charge in [-0.15, -0.1) is 0 Å². The maximum Gasteiger partial charge on any atom is 0.131 e. The van der Waals surface area contributed by atoms with E-state index >= 15 is 4.39 Å². The number of benzene rings is 3. The van der Waals surface area contributed by atoms with Crippen LogP contribution in [-0.2, 0) is 0 Å². The lowest BCUT2D eigenvalue weighted by Gasteiger charge is -2.18. The Morgan fingerprint density at radius 2 is 1.63 bits per heavy atom. The highest BCUT2D eigenvalue weighted by molar-refractivity contribution is 5.79. The van der Waals surface area contributed by atoms with Crippen LogP contribution in [-0.4, -0.2) is 19.1 Å². The van der Waals surface area contributed by atoms with E-state index in [0.29, 0.717) is 17.5 Å². The quantitative estimate of drug-likeness (QED) is 0.639. The van der Waals surface area contributed by atoms with Crippen LogP contribution < -0.4 is 10.6 Å². The van der Waals surface area contributed by atoms with E-state index < -0.39 is 0 Å². The van der Waals surface area contributed by atoms with Gasteiger partial charge < -0.3 is 10.6 Å². The molecule has 2 heterocycles. The number of rotatable bonds is 2. The van der Waals surface area contributed by atoms with Crippen molar-refractivity contribution >= 4 is 5.69 Å². The van der Waals surface area contributed by atoms with Crippen molar-refractivity contribution in [2.24, 2.45) is 0 Å². The van der Waals surface area contributed by atoms with Crippen LogP contribution in [0, 0.1) is 5.82 Å². The number of anilines is 1. The van der Waals surface area contributed by atoms with Crippen LogP contribution in [0.2, 0.25) is 0 Å². The van der Waals surface area contributed by atoms with Gasteiger partial charge in [0.05, 0.1) is 0 Å². The van der Waals surface area contributed by atoms with Gasteiger partial charge in [-0.1, -0.05) is 54.6 Å². The van der Waals surface area contributed by atoms with Crippen LogP contribution in [0.1, 0.15) is 24.3 Å². The second-order valence-corrected chi connectivity index (χ2v) is 7.51. The summed E-state index contributed by atoms with van der Waals surface area (Å²) in [5.74, 6) is 0.291. The Morgan fingerprint density at radius 1 is 0.778 bits per heavy atom. The predicted molar refractivity (Wildman–Crippen MR) is 110 cm³/mol. The lowest BCUT2D eigenvalue weighted by atomic mass is 9.85. The van der Waals surface area contributed by atoms with E-state index in [2.05, 4.69) is 22.8 Å². The summed E-state index contributed by atoms with van der Waals surface area (Å²) in [6.07, 6.45) is 2.19. The topological polar surface area (TPSA) is 24.1 Å². The minimum absolute atomic E-state index is 0.153. The molecule has 0 saturated carbocycles. The maximum absolute atomic E-state index is 15.2. The van der Waals surface area contributed by atoms with Crippen molar-refractivity contribution in [3.8, 4) is 22.3 Å². The van der Waals surface area contributed by atoms with E-state index in [1.54, 1.807) is 6.07 Å². The molecular weight excluding hydrogens is 335 g/mol. The fraction of sp³-hybridized carbons (Fsp3) is 0.250. The lowest BCUT2D eigenvalue weighted by Crippen LogP contribution is -2.21. The van der Waals surface area contributed by atoms with Gasteiger partial charge in [0.15, 0.2) is 0 Å². The monoisotopic (exact) mass is 358 g/mol. The van der Waals surface area contributed by atoms with Crippen LogP contribution in [0.5, 0.6) is 0 Å². The second kappa shape index (κ2) is 6.82. The number of hydrogen-bond acceptors (Lipinski definition) is 2. The van der Waals surface area contributed by atoms with E-state index in [4.69, 9.17) is 0 Å². The highest BCUT2D eigenvalue weighted by atomic mass is 19.1. The molecule has 2 aliphatic rings. The van der Waals surface area contributed by atoms with E-state index in [1.165, 1.54) is 11.3 Å². The van der Waals surface area contributed by atoms with Crippen LogP contribution in [0.15, 0.2) is 66.7 Å². The van der Waals surface area contributed by atoms with Crippen molar-refractivity contribution in [1.29, 1.82) is 0 Å². The molecule has 27 heavy (non-hydrogen) atoms. The van der Waals surface area contributed by atoms with Crippen LogP contribution in [0.25, 0.3) is 22.3 Å². The summed E-state index contributed by atoms with van der Waals surface area (Å²) >= 11 is 0. The molecule has 3 aromatic carbocycles. The number of nitrogens with one attached hydrogen (secondary N) is 2. The number of halogens is 1. The maximum atomic E-state index is 15.2. The molecule has 2 N–H and O–H groups in total. The number of hydrogen-bond donors (Lipinski definition) is 2. The predicted octanol–water partition coefficient (Wildman–Crippen LogP) is 5.42. The van der Waals surface area contributed by atoms with E-state index in [-0.39, 0.29) is 5.82 Å². The average Bonchev–Trinajstić information content (AvgIpc) is 2.90. The Morgan fingerprint density at radius 3 is 2.48 bits per heavy atom. The highest BCUT2D eigenvalue weighted by Crippen LogP contribution is 2.46. The van der Waals surface area contributed by atoms with Gasteiger partial charge in [0.25, 0.3) is 0 Å². The zero-order chi connectivity index (χ0) is 18.2. The molecular formula is C24H23FN2. The Kier molecular flexibility index (Phi) is 4.17. The zero-order valence-corrected chi connectivity index (χ0v) is 15.2. The van der Waals surface area contributed by atoms with Crippen molar-refractivity contribution in [1.82, 2.24) is 5.32 Å². The third-order valence-electron chi connectivity index (χ3n) is 5.93. The Balaban J connectivity index is 1.58. The lowest BCUT2D eigenvalue weighted by molar-refractivity contribution is 0.578. The number of fused-ring (bicyclic) bond motifs is 3. The fourth-order valence-corrected chi connectivity index (χ4v) is 4.63. The summed E-state index contributed by atoms with van der Waals surface area (Å²) in [5, 5.41) is 7.17. The molecule has 5 rings (SSSR count).